The summed E-state index contributed by atoms with van der Waals surface area (Å²) in [6, 6.07) is 25.9. The first kappa shape index (κ1) is 27.6. The maximum absolute atomic E-state index is 13.9. The molecule has 41 heavy (non-hydrogen) atoms. The Morgan fingerprint density at radius 1 is 1.00 bits per heavy atom. The molecule has 3 aromatic carbocycles. The number of ether oxygens (including phenoxy) is 1. The van der Waals surface area contributed by atoms with Crippen LogP contribution in [0.3, 0.4) is 0 Å². The first-order valence-corrected chi connectivity index (χ1v) is 13.6. The summed E-state index contributed by atoms with van der Waals surface area (Å²) in [4.78, 5) is 40.3. The van der Waals surface area contributed by atoms with E-state index in [4.69, 9.17) is 9.26 Å². The van der Waals surface area contributed by atoms with Gasteiger partial charge < -0.3 is 24.8 Å². The molecule has 1 aliphatic carbocycles. The number of nitrogens with zero attached hydrogens (tertiary/aromatic N) is 2. The van der Waals surface area contributed by atoms with Crippen LogP contribution < -0.4 is 10.6 Å². The zero-order valence-corrected chi connectivity index (χ0v) is 22.8. The van der Waals surface area contributed by atoms with Crippen LogP contribution in [0.1, 0.15) is 45.3 Å². The summed E-state index contributed by atoms with van der Waals surface area (Å²) in [6.07, 6.45) is 4.22. The molecule has 1 heterocycles. The fourth-order valence-corrected chi connectivity index (χ4v) is 5.46. The van der Waals surface area contributed by atoms with Gasteiger partial charge in [0.1, 0.15) is 0 Å². The van der Waals surface area contributed by atoms with Gasteiger partial charge in [-0.25, -0.2) is 9.59 Å². The van der Waals surface area contributed by atoms with E-state index in [-0.39, 0.29) is 31.0 Å². The molecule has 3 amide bonds. The normalized spacial score (nSPS) is 15.8. The highest BCUT2D eigenvalue weighted by Gasteiger charge is 2.37. The van der Waals surface area contributed by atoms with Gasteiger partial charge in [0.05, 0.1) is 38.0 Å². The van der Waals surface area contributed by atoms with Crippen LogP contribution in [0.2, 0.25) is 0 Å². The van der Waals surface area contributed by atoms with Gasteiger partial charge in [-0.05, 0) is 60.1 Å². The van der Waals surface area contributed by atoms with Crippen molar-refractivity contribution in [3.8, 4) is 0 Å². The molecule has 2 N–H and O–H groups in total. The van der Waals surface area contributed by atoms with Crippen molar-refractivity contribution in [3.05, 3.63) is 119 Å². The lowest BCUT2D eigenvalue weighted by molar-refractivity contribution is -0.135. The van der Waals surface area contributed by atoms with Crippen molar-refractivity contribution in [2.45, 2.75) is 31.8 Å². The van der Waals surface area contributed by atoms with Crippen LogP contribution in [0.5, 0.6) is 0 Å². The number of aryl methyl sites for hydroxylation is 1. The molecular formula is C32H32N4O5. The zero-order valence-electron chi connectivity index (χ0n) is 22.8. The zero-order chi connectivity index (χ0) is 28.6. The smallest absolute Gasteiger partial charge is 0.337 e. The van der Waals surface area contributed by atoms with E-state index in [0.717, 1.165) is 24.8 Å². The van der Waals surface area contributed by atoms with Crippen molar-refractivity contribution in [1.82, 2.24) is 15.4 Å². The van der Waals surface area contributed by atoms with E-state index in [9.17, 15) is 14.4 Å². The molecule has 2 atom stereocenters. The molecule has 4 aromatic rings. The Bertz CT molecular complexity index is 1490. The maximum atomic E-state index is 13.9. The third-order valence-electron chi connectivity index (χ3n) is 7.36. The fourth-order valence-electron chi connectivity index (χ4n) is 5.46. The molecule has 0 bridgehead atoms. The van der Waals surface area contributed by atoms with Crippen LogP contribution in [0.25, 0.3) is 0 Å². The fraction of sp³-hybridized carbons (Fsp3) is 0.250. The second-order valence-electron chi connectivity index (χ2n) is 10.0. The number of nitrogens with one attached hydrogen (secondary N) is 2. The number of urea groups is 1. The van der Waals surface area contributed by atoms with E-state index in [0.29, 0.717) is 17.0 Å². The summed E-state index contributed by atoms with van der Waals surface area (Å²) in [5.74, 6) is -0.0391. The van der Waals surface area contributed by atoms with Crippen LogP contribution in [-0.2, 0) is 28.9 Å². The minimum atomic E-state index is -0.565. The first-order chi connectivity index (χ1) is 20.0. The molecule has 1 aliphatic rings. The van der Waals surface area contributed by atoms with Crippen molar-refractivity contribution >= 4 is 23.6 Å². The highest BCUT2D eigenvalue weighted by atomic mass is 16.5. The van der Waals surface area contributed by atoms with E-state index in [2.05, 4.69) is 40.1 Å². The Hall–Kier alpha value is -4.92. The number of amides is 3. The summed E-state index contributed by atoms with van der Waals surface area (Å²) in [5.41, 5.74) is 4.24. The van der Waals surface area contributed by atoms with E-state index < -0.39 is 12.0 Å². The number of benzene rings is 3. The largest absolute Gasteiger partial charge is 0.465 e. The minimum absolute atomic E-state index is 0.161. The van der Waals surface area contributed by atoms with Crippen molar-refractivity contribution in [2.24, 2.45) is 5.92 Å². The Kier molecular flexibility index (Phi) is 8.73. The molecule has 2 unspecified atom stereocenters. The Labute approximate surface area is 238 Å². The lowest BCUT2D eigenvalue weighted by Gasteiger charge is -2.41. The lowest BCUT2D eigenvalue weighted by atomic mass is 9.76. The Morgan fingerprint density at radius 3 is 2.59 bits per heavy atom. The summed E-state index contributed by atoms with van der Waals surface area (Å²) in [5, 5.41) is 9.19. The number of esters is 1. The molecule has 9 nitrogen and oxygen atoms in total. The highest BCUT2D eigenvalue weighted by Crippen LogP contribution is 2.41. The molecule has 0 fully saturated rings. The van der Waals surface area contributed by atoms with Gasteiger partial charge in [0, 0.05) is 11.8 Å². The van der Waals surface area contributed by atoms with Gasteiger partial charge in [0.25, 0.3) is 0 Å². The molecular weight excluding hydrogens is 520 g/mol. The predicted molar refractivity (Wildman–Crippen MR) is 153 cm³/mol. The van der Waals surface area contributed by atoms with Crippen molar-refractivity contribution in [1.29, 1.82) is 0 Å². The average molecular weight is 553 g/mol. The van der Waals surface area contributed by atoms with Gasteiger partial charge >= 0.3 is 12.0 Å². The highest BCUT2D eigenvalue weighted by molar-refractivity contribution is 5.95. The summed E-state index contributed by atoms with van der Waals surface area (Å²) < 4.78 is 10.2. The Balaban J connectivity index is 1.37. The van der Waals surface area contributed by atoms with Gasteiger partial charge in [-0.15, -0.1) is 0 Å². The third-order valence-corrected chi connectivity index (χ3v) is 7.36. The lowest BCUT2D eigenvalue weighted by Crippen LogP contribution is -2.46. The van der Waals surface area contributed by atoms with Crippen molar-refractivity contribution in [2.75, 3.05) is 19.0 Å². The van der Waals surface area contributed by atoms with Gasteiger partial charge in [-0.3, -0.25) is 4.79 Å². The van der Waals surface area contributed by atoms with Crippen LogP contribution in [-0.4, -0.2) is 41.6 Å². The van der Waals surface area contributed by atoms with Gasteiger partial charge in [0.15, 0.2) is 5.76 Å². The average Bonchev–Trinajstić information content (AvgIpc) is 3.52. The molecule has 210 valence electrons. The Morgan fingerprint density at radius 2 is 1.80 bits per heavy atom. The number of fused-ring (bicyclic) bond motifs is 1. The van der Waals surface area contributed by atoms with Crippen LogP contribution in [0.15, 0.2) is 95.6 Å². The number of methoxy groups -OCH3 is 1. The van der Waals surface area contributed by atoms with Gasteiger partial charge in [-0.2, -0.15) is 0 Å². The van der Waals surface area contributed by atoms with E-state index >= 15 is 0 Å². The molecule has 1 aromatic heterocycles. The number of aromatic nitrogens is 1. The molecule has 0 spiro atoms. The van der Waals surface area contributed by atoms with E-state index in [1.54, 1.807) is 35.4 Å². The number of anilines is 1. The number of carbonyl (C=O) groups is 3. The molecule has 0 radical (unpaired) electrons. The summed E-state index contributed by atoms with van der Waals surface area (Å²) in [7, 11) is 1.29. The van der Waals surface area contributed by atoms with Gasteiger partial charge in [-0.1, -0.05) is 65.8 Å². The van der Waals surface area contributed by atoms with Crippen molar-refractivity contribution in [3.63, 3.8) is 0 Å². The standard InChI is InChI=1S/C32H32N4O5/c1-40-31(38)25-11-7-12-26(19-25)35-32(39)33-20-29(37)36(21-27-16-17-34-41-27)30-24(18-22-8-3-2-4-9-22)15-14-23-10-5-6-13-28(23)30/h2-13,16-17,19,24,30H,14-15,18,20-21H2,1H3,(H2,33,35,39). The first-order valence-electron chi connectivity index (χ1n) is 13.6. The maximum Gasteiger partial charge on any atom is 0.337 e. The third kappa shape index (κ3) is 6.81. The second kappa shape index (κ2) is 13.0. The van der Waals surface area contributed by atoms with Crippen LogP contribution in [0, 0.1) is 5.92 Å². The second-order valence-corrected chi connectivity index (χ2v) is 10.0. The summed E-state index contributed by atoms with van der Waals surface area (Å²) >= 11 is 0. The SMILES string of the molecule is COC(=O)c1cccc(NC(=O)NCC(=O)N(Cc2ccno2)C2c3ccccc3CCC2Cc2ccccc2)c1. The van der Waals surface area contributed by atoms with Crippen molar-refractivity contribution < 1.29 is 23.6 Å². The molecule has 9 heteroatoms. The van der Waals surface area contributed by atoms with E-state index in [1.165, 1.54) is 24.3 Å². The predicted octanol–water partition coefficient (Wildman–Crippen LogP) is 5.16. The molecule has 0 saturated heterocycles. The molecule has 5 rings (SSSR count). The minimum Gasteiger partial charge on any atom is -0.465 e. The number of rotatable bonds is 9. The summed E-state index contributed by atoms with van der Waals surface area (Å²) in [6.45, 7) is -0.0129. The molecule has 0 aliphatic heterocycles. The van der Waals surface area contributed by atoms with Crippen LogP contribution in [0.4, 0.5) is 10.5 Å². The van der Waals surface area contributed by atoms with E-state index in [1.807, 2.05) is 30.3 Å². The monoisotopic (exact) mass is 552 g/mol. The van der Waals surface area contributed by atoms with Gasteiger partial charge in [0.2, 0.25) is 5.91 Å². The van der Waals surface area contributed by atoms with Crippen LogP contribution >= 0.6 is 0 Å². The number of hydrogen-bond donors (Lipinski definition) is 2. The molecule has 0 saturated carbocycles. The topological polar surface area (TPSA) is 114 Å². The quantitative estimate of drug-likeness (QED) is 0.278. The number of hydrogen-bond acceptors (Lipinski definition) is 6. The number of carbonyl (C=O) groups excluding carboxylic acids is 3.